The van der Waals surface area contributed by atoms with E-state index in [-0.39, 0.29) is 11.9 Å². The predicted octanol–water partition coefficient (Wildman–Crippen LogP) is 2.98. The van der Waals surface area contributed by atoms with Gasteiger partial charge in [0.1, 0.15) is 5.60 Å². The van der Waals surface area contributed by atoms with E-state index >= 15 is 0 Å². The van der Waals surface area contributed by atoms with Gasteiger partial charge in [0.15, 0.2) is 0 Å². The molecule has 2 N–H and O–H groups in total. The number of rotatable bonds is 2. The highest BCUT2D eigenvalue weighted by Gasteiger charge is 2.22. The van der Waals surface area contributed by atoms with Crippen LogP contribution in [0, 0.1) is 0 Å². The first-order valence-electron chi connectivity index (χ1n) is 6.73. The molecule has 0 aliphatic carbocycles. The van der Waals surface area contributed by atoms with Gasteiger partial charge in [-0.15, -0.1) is 0 Å². The molecule has 1 saturated heterocycles. The van der Waals surface area contributed by atoms with Crippen LogP contribution in [-0.4, -0.2) is 17.6 Å². The molecule has 1 unspecified atom stereocenters. The van der Waals surface area contributed by atoms with Crippen molar-refractivity contribution in [3.63, 3.8) is 0 Å². The first kappa shape index (κ1) is 14.4. The van der Waals surface area contributed by atoms with Crippen molar-refractivity contribution in [2.75, 3.05) is 5.32 Å². The second kappa shape index (κ2) is 5.53. The maximum Gasteiger partial charge on any atom is 0.412 e. The summed E-state index contributed by atoms with van der Waals surface area (Å²) in [6.45, 7) is 5.45. The van der Waals surface area contributed by atoms with Crippen LogP contribution < -0.4 is 10.6 Å². The molecule has 1 heterocycles. The van der Waals surface area contributed by atoms with E-state index in [4.69, 9.17) is 4.74 Å². The summed E-state index contributed by atoms with van der Waals surface area (Å²) in [6, 6.07) is 7.51. The minimum Gasteiger partial charge on any atom is -0.444 e. The molecule has 1 aromatic rings. The molecule has 1 aliphatic heterocycles. The van der Waals surface area contributed by atoms with Gasteiger partial charge in [-0.1, -0.05) is 12.1 Å². The van der Waals surface area contributed by atoms with Crippen molar-refractivity contribution in [3.05, 3.63) is 29.8 Å². The molecule has 20 heavy (non-hydrogen) atoms. The average Bonchev–Trinajstić information content (AvgIpc) is 2.74. The van der Waals surface area contributed by atoms with Crippen molar-refractivity contribution in [1.82, 2.24) is 5.32 Å². The number of hydrogen-bond donors (Lipinski definition) is 2. The predicted molar refractivity (Wildman–Crippen MR) is 76.4 cm³/mol. The van der Waals surface area contributed by atoms with Gasteiger partial charge in [-0.3, -0.25) is 10.1 Å². The van der Waals surface area contributed by atoms with E-state index < -0.39 is 11.7 Å². The van der Waals surface area contributed by atoms with Gasteiger partial charge in [-0.2, -0.15) is 0 Å². The molecule has 1 aromatic carbocycles. The van der Waals surface area contributed by atoms with Crippen molar-refractivity contribution in [1.29, 1.82) is 0 Å². The Kier molecular flexibility index (Phi) is 3.97. The van der Waals surface area contributed by atoms with Gasteiger partial charge in [-0.05, 0) is 44.9 Å². The van der Waals surface area contributed by atoms with E-state index in [0.29, 0.717) is 12.1 Å². The summed E-state index contributed by atoms with van der Waals surface area (Å²) in [5.74, 6) is 0.0888. The SMILES string of the molecule is CC(C)(C)OC(=O)Nc1ccc(C2CCC(=O)N2)cc1. The number of anilines is 1. The van der Waals surface area contributed by atoms with Gasteiger partial charge in [0, 0.05) is 12.1 Å². The molecule has 0 radical (unpaired) electrons. The average molecular weight is 276 g/mol. The molecule has 2 amide bonds. The molecule has 1 fully saturated rings. The van der Waals surface area contributed by atoms with Gasteiger partial charge in [0.2, 0.25) is 5.91 Å². The lowest BCUT2D eigenvalue weighted by Crippen LogP contribution is -2.27. The van der Waals surface area contributed by atoms with E-state index in [1.54, 1.807) is 0 Å². The monoisotopic (exact) mass is 276 g/mol. The van der Waals surface area contributed by atoms with Crippen molar-refractivity contribution in [2.24, 2.45) is 0 Å². The lowest BCUT2D eigenvalue weighted by Gasteiger charge is -2.19. The fraction of sp³-hybridized carbons (Fsp3) is 0.467. The van der Waals surface area contributed by atoms with Crippen molar-refractivity contribution < 1.29 is 14.3 Å². The van der Waals surface area contributed by atoms with Gasteiger partial charge >= 0.3 is 6.09 Å². The molecule has 0 saturated carbocycles. The zero-order valence-corrected chi connectivity index (χ0v) is 12.0. The molecule has 0 bridgehead atoms. The summed E-state index contributed by atoms with van der Waals surface area (Å²) >= 11 is 0. The first-order chi connectivity index (χ1) is 9.33. The number of carbonyl (C=O) groups excluding carboxylic acids is 2. The molecule has 2 rings (SSSR count). The minimum absolute atomic E-state index is 0.0816. The Hall–Kier alpha value is -2.04. The Morgan fingerprint density at radius 3 is 2.45 bits per heavy atom. The Bertz CT molecular complexity index is 503. The van der Waals surface area contributed by atoms with E-state index in [1.165, 1.54) is 0 Å². The Morgan fingerprint density at radius 1 is 1.30 bits per heavy atom. The van der Waals surface area contributed by atoms with Crippen LogP contribution in [0.3, 0.4) is 0 Å². The third-order valence-corrected chi connectivity index (χ3v) is 2.95. The van der Waals surface area contributed by atoms with Gasteiger partial charge in [0.25, 0.3) is 0 Å². The van der Waals surface area contributed by atoms with Crippen LogP contribution in [0.25, 0.3) is 0 Å². The smallest absolute Gasteiger partial charge is 0.412 e. The normalized spacial score (nSPS) is 18.6. The lowest BCUT2D eigenvalue weighted by molar-refractivity contribution is -0.119. The lowest BCUT2D eigenvalue weighted by atomic mass is 10.1. The van der Waals surface area contributed by atoms with Crippen LogP contribution in [0.15, 0.2) is 24.3 Å². The first-order valence-corrected chi connectivity index (χ1v) is 6.73. The zero-order valence-electron chi connectivity index (χ0n) is 12.0. The number of amides is 2. The Balaban J connectivity index is 1.95. The summed E-state index contributed by atoms with van der Waals surface area (Å²) in [6.07, 6.45) is 0.916. The molecule has 0 spiro atoms. The minimum atomic E-state index is -0.516. The molecule has 0 aromatic heterocycles. The van der Waals surface area contributed by atoms with Gasteiger partial charge in [-0.25, -0.2) is 4.79 Å². The van der Waals surface area contributed by atoms with Crippen molar-refractivity contribution in [3.8, 4) is 0 Å². The fourth-order valence-corrected chi connectivity index (χ4v) is 2.08. The van der Waals surface area contributed by atoms with Crippen LogP contribution in [-0.2, 0) is 9.53 Å². The second-order valence-corrected chi connectivity index (χ2v) is 5.91. The summed E-state index contributed by atoms with van der Waals surface area (Å²) in [5, 5.41) is 5.59. The topological polar surface area (TPSA) is 67.4 Å². The highest BCUT2D eigenvalue weighted by molar-refractivity contribution is 5.85. The van der Waals surface area contributed by atoms with Gasteiger partial charge in [0.05, 0.1) is 6.04 Å². The second-order valence-electron chi connectivity index (χ2n) is 5.91. The van der Waals surface area contributed by atoms with Crippen molar-refractivity contribution >= 4 is 17.7 Å². The molecule has 5 heteroatoms. The zero-order chi connectivity index (χ0) is 14.8. The number of benzene rings is 1. The highest BCUT2D eigenvalue weighted by atomic mass is 16.6. The van der Waals surface area contributed by atoms with Crippen LogP contribution in [0.2, 0.25) is 0 Å². The molecule has 1 aliphatic rings. The van der Waals surface area contributed by atoms with Crippen LogP contribution in [0.1, 0.15) is 45.2 Å². The van der Waals surface area contributed by atoms with E-state index in [2.05, 4.69) is 10.6 Å². The van der Waals surface area contributed by atoms with Crippen LogP contribution in [0.5, 0.6) is 0 Å². The summed E-state index contributed by atoms with van der Waals surface area (Å²) < 4.78 is 5.18. The molecular formula is C15H20N2O3. The standard InChI is InChI=1S/C15H20N2O3/c1-15(2,3)20-14(19)16-11-6-4-10(5-7-11)12-8-9-13(18)17-12/h4-7,12H,8-9H2,1-3H3,(H,16,19)(H,17,18). The number of nitrogens with one attached hydrogen (secondary N) is 2. The fourth-order valence-electron chi connectivity index (χ4n) is 2.08. The highest BCUT2D eigenvalue weighted by Crippen LogP contribution is 2.24. The Morgan fingerprint density at radius 2 is 1.95 bits per heavy atom. The number of hydrogen-bond acceptors (Lipinski definition) is 3. The largest absolute Gasteiger partial charge is 0.444 e. The summed E-state index contributed by atoms with van der Waals surface area (Å²) in [5.41, 5.74) is 1.20. The van der Waals surface area contributed by atoms with Crippen molar-refractivity contribution in [2.45, 2.75) is 45.3 Å². The van der Waals surface area contributed by atoms with E-state index in [0.717, 1.165) is 12.0 Å². The van der Waals surface area contributed by atoms with Crippen LogP contribution >= 0.6 is 0 Å². The number of ether oxygens (including phenoxy) is 1. The van der Waals surface area contributed by atoms with E-state index in [9.17, 15) is 9.59 Å². The molecular weight excluding hydrogens is 256 g/mol. The Labute approximate surface area is 118 Å². The maximum absolute atomic E-state index is 11.6. The quantitative estimate of drug-likeness (QED) is 0.872. The molecule has 1 atom stereocenters. The van der Waals surface area contributed by atoms with E-state index in [1.807, 2.05) is 45.0 Å². The summed E-state index contributed by atoms with van der Waals surface area (Å²) in [7, 11) is 0. The molecule has 5 nitrogen and oxygen atoms in total. The maximum atomic E-state index is 11.6. The summed E-state index contributed by atoms with van der Waals surface area (Å²) in [4.78, 5) is 22.8. The van der Waals surface area contributed by atoms with Gasteiger partial charge < -0.3 is 10.1 Å². The third kappa shape index (κ3) is 3.98. The molecule has 108 valence electrons. The van der Waals surface area contributed by atoms with Crippen LogP contribution in [0.4, 0.5) is 10.5 Å². The third-order valence-electron chi connectivity index (χ3n) is 2.95. The number of carbonyl (C=O) groups is 2.